The highest BCUT2D eigenvalue weighted by molar-refractivity contribution is 5.93. The Hall–Kier alpha value is -4.76. The molecule has 0 saturated heterocycles. The van der Waals surface area contributed by atoms with E-state index in [-0.39, 0.29) is 12.4 Å². The van der Waals surface area contributed by atoms with E-state index in [2.05, 4.69) is 10.3 Å². The second kappa shape index (κ2) is 9.95. The molecule has 38 heavy (non-hydrogen) atoms. The average molecular weight is 511 g/mol. The van der Waals surface area contributed by atoms with Crippen molar-refractivity contribution in [2.45, 2.75) is 13.1 Å². The minimum absolute atomic E-state index is 0.174. The summed E-state index contributed by atoms with van der Waals surface area (Å²) in [5.41, 5.74) is 4.49. The number of nitrogens with zero attached hydrogens (tertiary/aromatic N) is 2. The largest absolute Gasteiger partial charge is 0.493 e. The first-order valence-electron chi connectivity index (χ1n) is 12.2. The van der Waals surface area contributed by atoms with E-state index in [4.69, 9.17) is 24.0 Å². The van der Waals surface area contributed by atoms with Crippen LogP contribution in [0.3, 0.4) is 0 Å². The number of pyridine rings is 1. The van der Waals surface area contributed by atoms with E-state index in [0.29, 0.717) is 35.8 Å². The zero-order valence-corrected chi connectivity index (χ0v) is 21.0. The number of para-hydroxylation sites is 1. The van der Waals surface area contributed by atoms with Crippen LogP contribution in [0.1, 0.15) is 11.1 Å². The number of aromatic nitrogens is 3. The Morgan fingerprint density at radius 1 is 0.921 bits per heavy atom. The lowest BCUT2D eigenvalue weighted by molar-refractivity contribution is 0.174. The summed E-state index contributed by atoms with van der Waals surface area (Å²) in [6.07, 6.45) is 0. The number of H-pyrrole nitrogens is 1. The lowest BCUT2D eigenvalue weighted by atomic mass is 10.1. The maximum atomic E-state index is 13.1. The van der Waals surface area contributed by atoms with Gasteiger partial charge in [-0.2, -0.15) is 5.10 Å². The summed E-state index contributed by atoms with van der Waals surface area (Å²) in [5, 5.41) is 9.09. The lowest BCUT2D eigenvalue weighted by Gasteiger charge is -2.09. The van der Waals surface area contributed by atoms with Crippen LogP contribution in [-0.4, -0.2) is 35.8 Å². The van der Waals surface area contributed by atoms with Crippen molar-refractivity contribution in [3.63, 3.8) is 0 Å². The Balaban J connectivity index is 1.37. The predicted molar refractivity (Wildman–Crippen MR) is 143 cm³/mol. The summed E-state index contributed by atoms with van der Waals surface area (Å²) in [7, 11) is 3.20. The van der Waals surface area contributed by atoms with Crippen LogP contribution in [0.15, 0.2) is 77.6 Å². The summed E-state index contributed by atoms with van der Waals surface area (Å²) in [6.45, 7) is 1.18. The predicted octanol–water partition coefficient (Wildman–Crippen LogP) is 4.42. The van der Waals surface area contributed by atoms with Crippen molar-refractivity contribution in [2.75, 3.05) is 21.0 Å². The molecular weight excluding hydrogens is 484 g/mol. The number of rotatable bonds is 8. The molecule has 1 aliphatic heterocycles. The molecule has 2 aromatic heterocycles. The van der Waals surface area contributed by atoms with E-state index in [9.17, 15) is 4.79 Å². The second-order valence-corrected chi connectivity index (χ2v) is 8.84. The number of ether oxygens (including phenoxy) is 4. The van der Waals surface area contributed by atoms with Crippen LogP contribution in [0, 0.1) is 0 Å². The number of fused-ring (bicyclic) bond motifs is 2. The van der Waals surface area contributed by atoms with Gasteiger partial charge in [0.15, 0.2) is 23.0 Å². The fraction of sp³-hybridized carbons (Fsp3) is 0.172. The minimum atomic E-state index is -0.174. The normalized spacial score (nSPS) is 12.2. The van der Waals surface area contributed by atoms with Gasteiger partial charge in [-0.05, 0) is 54.1 Å². The summed E-state index contributed by atoms with van der Waals surface area (Å²) >= 11 is 0. The van der Waals surface area contributed by atoms with Crippen LogP contribution >= 0.6 is 0 Å². The smallest absolute Gasteiger partial charge is 0.254 e. The van der Waals surface area contributed by atoms with Crippen molar-refractivity contribution in [2.24, 2.45) is 0 Å². The Bertz CT molecular complexity index is 1680. The lowest BCUT2D eigenvalue weighted by Crippen LogP contribution is -2.21. The Labute approximate surface area is 218 Å². The van der Waals surface area contributed by atoms with Gasteiger partial charge in [-0.25, -0.2) is 4.68 Å². The number of nitrogens with one attached hydrogen (secondary N) is 2. The molecule has 6 rings (SSSR count). The van der Waals surface area contributed by atoms with Gasteiger partial charge in [0.1, 0.15) is 11.3 Å². The standard InChI is InChI=1S/C29H26N4O5/c1-35-23-11-9-19(14-25(23)36-2)27-22-13-20(16-30-15-18-8-10-24-26(12-18)38-17-37-24)29(34)31-28(22)33(32-27)21-6-4-3-5-7-21/h3-14,30H,15-17H2,1-2H3,(H,31,34). The highest BCUT2D eigenvalue weighted by atomic mass is 16.7. The molecule has 192 valence electrons. The van der Waals surface area contributed by atoms with Gasteiger partial charge in [-0.15, -0.1) is 0 Å². The van der Waals surface area contributed by atoms with Crippen LogP contribution < -0.4 is 29.8 Å². The van der Waals surface area contributed by atoms with Crippen molar-refractivity contribution >= 4 is 11.0 Å². The summed E-state index contributed by atoms with van der Waals surface area (Å²) < 4.78 is 23.5. The fourth-order valence-corrected chi connectivity index (χ4v) is 4.59. The second-order valence-electron chi connectivity index (χ2n) is 8.84. The maximum absolute atomic E-state index is 13.1. The molecule has 9 nitrogen and oxygen atoms in total. The maximum Gasteiger partial charge on any atom is 0.254 e. The van der Waals surface area contributed by atoms with E-state index in [0.717, 1.165) is 39.4 Å². The van der Waals surface area contributed by atoms with Crippen molar-refractivity contribution < 1.29 is 18.9 Å². The molecule has 2 N–H and O–H groups in total. The Morgan fingerprint density at radius 2 is 1.74 bits per heavy atom. The molecule has 0 radical (unpaired) electrons. The number of hydrogen-bond acceptors (Lipinski definition) is 7. The van der Waals surface area contributed by atoms with E-state index in [1.54, 1.807) is 18.9 Å². The highest BCUT2D eigenvalue weighted by Gasteiger charge is 2.18. The van der Waals surface area contributed by atoms with Crippen LogP contribution in [0.5, 0.6) is 23.0 Å². The Morgan fingerprint density at radius 3 is 2.55 bits per heavy atom. The quantitative estimate of drug-likeness (QED) is 0.319. The molecule has 0 spiro atoms. The first-order chi connectivity index (χ1) is 18.6. The fourth-order valence-electron chi connectivity index (χ4n) is 4.59. The molecule has 3 aromatic carbocycles. The summed E-state index contributed by atoms with van der Waals surface area (Å²) in [4.78, 5) is 16.2. The molecule has 3 heterocycles. The van der Waals surface area contributed by atoms with Gasteiger partial charge >= 0.3 is 0 Å². The van der Waals surface area contributed by atoms with Crippen LogP contribution in [0.2, 0.25) is 0 Å². The van der Waals surface area contributed by atoms with E-state index >= 15 is 0 Å². The number of aromatic amines is 1. The third kappa shape index (κ3) is 4.33. The molecule has 0 bridgehead atoms. The van der Waals surface area contributed by atoms with Gasteiger partial charge in [0.2, 0.25) is 6.79 Å². The molecule has 0 unspecified atom stereocenters. The molecule has 0 aliphatic carbocycles. The molecule has 1 aliphatic rings. The monoisotopic (exact) mass is 510 g/mol. The van der Waals surface area contributed by atoms with Crippen molar-refractivity contribution in [1.29, 1.82) is 0 Å². The van der Waals surface area contributed by atoms with Crippen LogP contribution in [0.4, 0.5) is 0 Å². The molecule has 0 atom stereocenters. The first kappa shape index (κ1) is 23.6. The first-order valence-corrected chi connectivity index (χ1v) is 12.2. The number of hydrogen-bond donors (Lipinski definition) is 2. The molecule has 0 fully saturated rings. The van der Waals surface area contributed by atoms with Gasteiger partial charge in [-0.3, -0.25) is 4.79 Å². The van der Waals surface area contributed by atoms with Crippen LogP contribution in [-0.2, 0) is 13.1 Å². The van der Waals surface area contributed by atoms with Crippen LogP contribution in [0.25, 0.3) is 28.0 Å². The molecule has 0 amide bonds. The van der Waals surface area contributed by atoms with Crippen molar-refractivity contribution in [3.8, 4) is 39.9 Å². The Kier molecular flexibility index (Phi) is 6.19. The molecule has 0 saturated carbocycles. The van der Waals surface area contributed by atoms with Gasteiger partial charge in [0.25, 0.3) is 5.56 Å². The summed E-state index contributed by atoms with van der Waals surface area (Å²) in [6, 6.07) is 23.1. The third-order valence-electron chi connectivity index (χ3n) is 6.50. The third-order valence-corrected chi connectivity index (χ3v) is 6.50. The van der Waals surface area contributed by atoms with Gasteiger partial charge in [0.05, 0.1) is 19.9 Å². The van der Waals surface area contributed by atoms with Gasteiger partial charge in [-0.1, -0.05) is 24.3 Å². The zero-order chi connectivity index (χ0) is 26.1. The SMILES string of the molecule is COc1ccc(-c2nn(-c3ccccc3)c3[nH]c(=O)c(CNCc4ccc5c(c4)OCO5)cc23)cc1OC. The van der Waals surface area contributed by atoms with Crippen molar-refractivity contribution in [3.05, 3.63) is 94.3 Å². The molecular formula is C29H26N4O5. The van der Waals surface area contributed by atoms with E-state index in [1.165, 1.54) is 0 Å². The molecule has 5 aromatic rings. The average Bonchev–Trinajstić information content (AvgIpc) is 3.57. The van der Waals surface area contributed by atoms with Crippen molar-refractivity contribution in [1.82, 2.24) is 20.1 Å². The summed E-state index contributed by atoms with van der Waals surface area (Å²) in [5.74, 6) is 2.71. The number of methoxy groups -OCH3 is 2. The van der Waals surface area contributed by atoms with E-state index in [1.807, 2.05) is 72.8 Å². The zero-order valence-electron chi connectivity index (χ0n) is 21.0. The van der Waals surface area contributed by atoms with E-state index < -0.39 is 0 Å². The topological polar surface area (TPSA) is 99.6 Å². The highest BCUT2D eigenvalue weighted by Crippen LogP contribution is 2.35. The van der Waals surface area contributed by atoms with Gasteiger partial charge in [0, 0.05) is 29.6 Å². The molecule has 9 heteroatoms. The minimum Gasteiger partial charge on any atom is -0.493 e. The van der Waals surface area contributed by atoms with Gasteiger partial charge < -0.3 is 29.2 Å². The number of benzene rings is 3.